The summed E-state index contributed by atoms with van der Waals surface area (Å²) in [7, 11) is 0. The first kappa shape index (κ1) is 29.9. The number of pyridine rings is 1. The maximum atomic E-state index is 5.65. The lowest BCUT2D eigenvalue weighted by atomic mass is 9.92. The Hall–Kier alpha value is -6.75. The van der Waals surface area contributed by atoms with Crippen molar-refractivity contribution in [3.63, 3.8) is 0 Å². The standard InChI is InChI=1S/C49H29N3S/c1-3-14-30(15-4-1)42-29-43(31-16-5-2-6-17-31)51-49(50-42)40-24-13-23-39-47(40)52-46(45-38-22-11-12-25-44(38)53-48(39)45)32-26-27-37-35-20-8-7-18-33(35)34-19-9-10-21-36(34)41(37)28-32/h1-29H. The monoisotopic (exact) mass is 691 g/mol. The van der Waals surface area contributed by atoms with Crippen molar-refractivity contribution in [2.75, 3.05) is 0 Å². The number of thiophene rings is 1. The molecule has 0 saturated carbocycles. The fraction of sp³-hybridized carbons (Fsp3) is 0. The average Bonchev–Trinajstić information content (AvgIpc) is 3.64. The summed E-state index contributed by atoms with van der Waals surface area (Å²) in [5.41, 5.74) is 7.72. The minimum Gasteiger partial charge on any atom is -0.246 e. The van der Waals surface area contributed by atoms with Crippen LogP contribution in [0.1, 0.15) is 0 Å². The molecule has 0 radical (unpaired) electrons. The molecule has 53 heavy (non-hydrogen) atoms. The molecule has 0 unspecified atom stereocenters. The lowest BCUT2D eigenvalue weighted by Crippen LogP contribution is -1.98. The Bertz CT molecular complexity index is 3130. The van der Waals surface area contributed by atoms with Gasteiger partial charge in [-0.25, -0.2) is 15.0 Å². The van der Waals surface area contributed by atoms with E-state index in [-0.39, 0.29) is 0 Å². The van der Waals surface area contributed by atoms with E-state index in [0.29, 0.717) is 5.82 Å². The zero-order chi connectivity index (χ0) is 34.9. The van der Waals surface area contributed by atoms with Crippen LogP contribution in [0.2, 0.25) is 0 Å². The number of hydrogen-bond donors (Lipinski definition) is 0. The zero-order valence-electron chi connectivity index (χ0n) is 28.5. The highest BCUT2D eigenvalue weighted by Crippen LogP contribution is 2.45. The van der Waals surface area contributed by atoms with Crippen LogP contribution in [0.15, 0.2) is 176 Å². The predicted octanol–water partition coefficient (Wildman–Crippen LogP) is 13.5. The topological polar surface area (TPSA) is 38.7 Å². The molecular formula is C49H29N3S. The molecule has 0 aliphatic carbocycles. The molecule has 0 aliphatic rings. The molecule has 11 aromatic rings. The Labute approximate surface area is 309 Å². The lowest BCUT2D eigenvalue weighted by molar-refractivity contribution is 1.18. The molecule has 0 spiro atoms. The third kappa shape index (κ3) is 4.77. The van der Waals surface area contributed by atoms with Gasteiger partial charge in [-0.05, 0) is 56.6 Å². The molecule has 3 aromatic heterocycles. The lowest BCUT2D eigenvalue weighted by Gasteiger charge is -2.14. The number of aromatic nitrogens is 3. The molecule has 0 fully saturated rings. The van der Waals surface area contributed by atoms with Gasteiger partial charge in [0.1, 0.15) is 0 Å². The smallest absolute Gasteiger partial charge is 0.162 e. The first-order chi connectivity index (χ1) is 26.3. The summed E-state index contributed by atoms with van der Waals surface area (Å²) in [4.78, 5) is 16.1. The number of rotatable bonds is 4. The van der Waals surface area contributed by atoms with Crippen molar-refractivity contribution >= 4 is 74.7 Å². The van der Waals surface area contributed by atoms with E-state index >= 15 is 0 Å². The van der Waals surface area contributed by atoms with Crippen LogP contribution in [0, 0.1) is 0 Å². The predicted molar refractivity (Wildman–Crippen MR) is 224 cm³/mol. The van der Waals surface area contributed by atoms with Crippen molar-refractivity contribution < 1.29 is 0 Å². The third-order valence-electron chi connectivity index (χ3n) is 10.5. The summed E-state index contributed by atoms with van der Waals surface area (Å²) in [5.74, 6) is 0.658. The average molecular weight is 692 g/mol. The van der Waals surface area contributed by atoms with Gasteiger partial charge < -0.3 is 0 Å². The van der Waals surface area contributed by atoms with E-state index in [1.165, 1.54) is 52.5 Å². The summed E-state index contributed by atoms with van der Waals surface area (Å²) in [5, 5.41) is 11.0. The Morgan fingerprint density at radius 1 is 0.358 bits per heavy atom. The molecule has 0 bridgehead atoms. The minimum absolute atomic E-state index is 0.658. The number of fused-ring (bicyclic) bond motifs is 11. The maximum Gasteiger partial charge on any atom is 0.162 e. The molecule has 246 valence electrons. The van der Waals surface area contributed by atoms with E-state index in [2.05, 4.69) is 164 Å². The molecule has 3 nitrogen and oxygen atoms in total. The number of benzene rings is 8. The van der Waals surface area contributed by atoms with Gasteiger partial charge in [-0.1, -0.05) is 152 Å². The van der Waals surface area contributed by atoms with Crippen LogP contribution >= 0.6 is 11.3 Å². The quantitative estimate of drug-likeness (QED) is 0.172. The van der Waals surface area contributed by atoms with Crippen LogP contribution in [0.3, 0.4) is 0 Å². The summed E-state index contributed by atoms with van der Waals surface area (Å²) in [6.45, 7) is 0. The van der Waals surface area contributed by atoms with E-state index in [0.717, 1.165) is 50.2 Å². The van der Waals surface area contributed by atoms with Gasteiger partial charge >= 0.3 is 0 Å². The van der Waals surface area contributed by atoms with Crippen molar-refractivity contribution in [2.24, 2.45) is 0 Å². The van der Waals surface area contributed by atoms with Gasteiger partial charge in [-0.2, -0.15) is 0 Å². The summed E-state index contributed by atoms with van der Waals surface area (Å²) >= 11 is 1.83. The summed E-state index contributed by atoms with van der Waals surface area (Å²) in [6, 6.07) is 62.3. The highest BCUT2D eigenvalue weighted by molar-refractivity contribution is 7.26. The van der Waals surface area contributed by atoms with Gasteiger partial charge in [0, 0.05) is 47.8 Å². The first-order valence-electron chi connectivity index (χ1n) is 17.9. The molecule has 8 aromatic carbocycles. The van der Waals surface area contributed by atoms with Crippen LogP contribution < -0.4 is 0 Å². The highest BCUT2D eigenvalue weighted by Gasteiger charge is 2.21. The summed E-state index contributed by atoms with van der Waals surface area (Å²) in [6.07, 6.45) is 0. The Morgan fingerprint density at radius 2 is 0.887 bits per heavy atom. The molecular weight excluding hydrogens is 663 g/mol. The number of hydrogen-bond acceptors (Lipinski definition) is 4. The van der Waals surface area contributed by atoms with Gasteiger partial charge in [0.05, 0.1) is 22.6 Å². The van der Waals surface area contributed by atoms with Gasteiger partial charge in [-0.3, -0.25) is 0 Å². The molecule has 0 N–H and O–H groups in total. The highest BCUT2D eigenvalue weighted by atomic mass is 32.1. The second kappa shape index (κ2) is 11.9. The Balaban J connectivity index is 1.23. The van der Waals surface area contributed by atoms with Crippen LogP contribution in [-0.2, 0) is 0 Å². The van der Waals surface area contributed by atoms with Gasteiger partial charge in [0.15, 0.2) is 5.82 Å². The SMILES string of the molecule is c1ccc(-c2cc(-c3ccccc3)nc(-c3cccc4c3nc(-c3ccc5c6ccccc6c6ccccc6c5c3)c3c5ccccc5sc43)n2)cc1. The van der Waals surface area contributed by atoms with Crippen LogP contribution in [0.4, 0.5) is 0 Å². The molecule has 0 saturated heterocycles. The molecule has 3 heterocycles. The largest absolute Gasteiger partial charge is 0.246 e. The maximum absolute atomic E-state index is 5.65. The molecule has 4 heteroatoms. The van der Waals surface area contributed by atoms with Crippen LogP contribution in [0.5, 0.6) is 0 Å². The van der Waals surface area contributed by atoms with Crippen molar-refractivity contribution in [3.05, 3.63) is 176 Å². The third-order valence-corrected chi connectivity index (χ3v) is 11.7. The van der Waals surface area contributed by atoms with Gasteiger partial charge in [0.2, 0.25) is 0 Å². The number of para-hydroxylation sites is 1. The van der Waals surface area contributed by atoms with Crippen LogP contribution in [0.25, 0.3) is 109 Å². The molecule has 0 atom stereocenters. The van der Waals surface area contributed by atoms with E-state index < -0.39 is 0 Å². The van der Waals surface area contributed by atoms with E-state index in [1.54, 1.807) is 0 Å². The van der Waals surface area contributed by atoms with Crippen molar-refractivity contribution in [1.82, 2.24) is 15.0 Å². The van der Waals surface area contributed by atoms with E-state index in [1.807, 2.05) is 23.5 Å². The van der Waals surface area contributed by atoms with E-state index in [9.17, 15) is 0 Å². The fourth-order valence-electron chi connectivity index (χ4n) is 8.01. The van der Waals surface area contributed by atoms with Crippen molar-refractivity contribution in [2.45, 2.75) is 0 Å². The van der Waals surface area contributed by atoms with Gasteiger partial charge in [0.25, 0.3) is 0 Å². The minimum atomic E-state index is 0.658. The van der Waals surface area contributed by atoms with Gasteiger partial charge in [-0.15, -0.1) is 11.3 Å². The number of nitrogens with zero attached hydrogens (tertiary/aromatic N) is 3. The molecule has 0 aliphatic heterocycles. The second-order valence-electron chi connectivity index (χ2n) is 13.5. The van der Waals surface area contributed by atoms with E-state index in [4.69, 9.17) is 15.0 Å². The normalized spacial score (nSPS) is 11.8. The summed E-state index contributed by atoms with van der Waals surface area (Å²) < 4.78 is 2.47. The molecule has 11 rings (SSSR count). The van der Waals surface area contributed by atoms with Crippen molar-refractivity contribution in [3.8, 4) is 45.2 Å². The molecule has 0 amide bonds. The fourth-order valence-corrected chi connectivity index (χ4v) is 9.24. The first-order valence-corrected chi connectivity index (χ1v) is 18.7. The van der Waals surface area contributed by atoms with Crippen LogP contribution in [-0.4, -0.2) is 15.0 Å². The Kier molecular flexibility index (Phi) is 6.73. The van der Waals surface area contributed by atoms with Crippen molar-refractivity contribution in [1.29, 1.82) is 0 Å². The second-order valence-corrected chi connectivity index (χ2v) is 14.6. The zero-order valence-corrected chi connectivity index (χ0v) is 29.3. The Morgan fingerprint density at radius 3 is 1.53 bits per heavy atom.